The monoisotopic (exact) mass is 305 g/mol. The number of aryl methyl sites for hydroxylation is 2. The van der Waals surface area contributed by atoms with Crippen molar-refractivity contribution in [3.63, 3.8) is 0 Å². The van der Waals surface area contributed by atoms with Crippen molar-refractivity contribution in [1.82, 2.24) is 9.38 Å². The molecule has 5 heteroatoms. The molecule has 0 amide bonds. The Kier molecular flexibility index (Phi) is 2.83. The minimum absolute atomic E-state index is 0.737. The molecular weight excluding hydrogens is 294 g/mol. The van der Waals surface area contributed by atoms with Crippen molar-refractivity contribution in [2.75, 3.05) is 5.73 Å². The lowest BCUT2D eigenvalue weighted by atomic mass is 10.2. The number of nitrogen functional groups attached to an aromatic ring is 1. The van der Waals surface area contributed by atoms with Gasteiger partial charge in [0.05, 0.1) is 11.8 Å². The van der Waals surface area contributed by atoms with Crippen LogP contribution in [0, 0.1) is 0 Å². The molecule has 0 atom stereocenters. The molecule has 0 unspecified atom stereocenters. The molecule has 0 aliphatic rings. The van der Waals surface area contributed by atoms with Crippen LogP contribution in [0.15, 0.2) is 45.7 Å². The van der Waals surface area contributed by atoms with Crippen molar-refractivity contribution < 1.29 is 4.42 Å². The molecular formula is C13H12BrN3O. The van der Waals surface area contributed by atoms with Crippen molar-refractivity contribution in [3.8, 4) is 0 Å². The number of imidazole rings is 1. The van der Waals surface area contributed by atoms with E-state index in [0.29, 0.717) is 0 Å². The lowest BCUT2D eigenvalue weighted by Gasteiger charge is -2.00. The quantitative estimate of drug-likeness (QED) is 0.809. The zero-order chi connectivity index (χ0) is 12.5. The Morgan fingerprint density at radius 2 is 2.22 bits per heavy atom. The first-order chi connectivity index (χ1) is 8.74. The highest BCUT2D eigenvalue weighted by atomic mass is 79.9. The second kappa shape index (κ2) is 4.49. The van der Waals surface area contributed by atoms with Gasteiger partial charge in [0.25, 0.3) is 0 Å². The summed E-state index contributed by atoms with van der Waals surface area (Å²) < 4.78 is 8.19. The third-order valence-corrected chi connectivity index (χ3v) is 3.45. The first-order valence-corrected chi connectivity index (χ1v) is 6.47. The summed E-state index contributed by atoms with van der Waals surface area (Å²) in [5.74, 6) is 1.96. The van der Waals surface area contributed by atoms with Gasteiger partial charge in [-0.2, -0.15) is 0 Å². The van der Waals surface area contributed by atoms with Gasteiger partial charge in [-0.15, -0.1) is 0 Å². The van der Waals surface area contributed by atoms with E-state index < -0.39 is 0 Å². The molecule has 92 valence electrons. The molecule has 0 aliphatic heterocycles. The van der Waals surface area contributed by atoms with Crippen molar-refractivity contribution >= 4 is 27.1 Å². The third-order valence-electron chi connectivity index (χ3n) is 2.87. The summed E-state index contributed by atoms with van der Waals surface area (Å²) >= 11 is 3.46. The number of furan rings is 1. The Morgan fingerprint density at radius 1 is 1.33 bits per heavy atom. The van der Waals surface area contributed by atoms with E-state index in [-0.39, 0.29) is 0 Å². The van der Waals surface area contributed by atoms with Gasteiger partial charge in [0.1, 0.15) is 16.2 Å². The number of nitrogens with zero attached hydrogens (tertiary/aromatic N) is 2. The van der Waals surface area contributed by atoms with E-state index >= 15 is 0 Å². The predicted molar refractivity (Wildman–Crippen MR) is 73.4 cm³/mol. The molecule has 2 N–H and O–H groups in total. The van der Waals surface area contributed by atoms with E-state index in [1.165, 1.54) is 0 Å². The zero-order valence-corrected chi connectivity index (χ0v) is 11.2. The van der Waals surface area contributed by atoms with Crippen LogP contribution in [0.2, 0.25) is 0 Å². The molecule has 0 aromatic carbocycles. The van der Waals surface area contributed by atoms with Crippen molar-refractivity contribution in [1.29, 1.82) is 0 Å². The average Bonchev–Trinajstić information content (AvgIpc) is 2.96. The Morgan fingerprint density at radius 3 is 3.00 bits per heavy atom. The van der Waals surface area contributed by atoms with Crippen molar-refractivity contribution in [2.24, 2.45) is 0 Å². The highest BCUT2D eigenvalue weighted by Crippen LogP contribution is 2.21. The van der Waals surface area contributed by atoms with Crippen LogP contribution in [0.3, 0.4) is 0 Å². The molecule has 4 nitrogen and oxygen atoms in total. The number of nitrogens with two attached hydrogens (primary N) is 1. The SMILES string of the molecule is Nc1ccn2c(CCc3ccco3)nc(Br)c2c1. The van der Waals surface area contributed by atoms with Gasteiger partial charge in [-0.05, 0) is 40.2 Å². The maximum Gasteiger partial charge on any atom is 0.132 e. The second-order valence-electron chi connectivity index (χ2n) is 4.11. The van der Waals surface area contributed by atoms with Crippen LogP contribution in [0.4, 0.5) is 5.69 Å². The van der Waals surface area contributed by atoms with Crippen LogP contribution in [-0.4, -0.2) is 9.38 Å². The number of rotatable bonds is 3. The van der Waals surface area contributed by atoms with E-state index in [1.807, 2.05) is 34.9 Å². The molecule has 18 heavy (non-hydrogen) atoms. The first kappa shape index (κ1) is 11.3. The van der Waals surface area contributed by atoms with E-state index in [2.05, 4.69) is 20.9 Å². The van der Waals surface area contributed by atoms with Gasteiger partial charge in [0.2, 0.25) is 0 Å². The zero-order valence-electron chi connectivity index (χ0n) is 9.64. The molecule has 0 saturated heterocycles. The normalized spacial score (nSPS) is 11.2. The first-order valence-electron chi connectivity index (χ1n) is 5.68. The number of halogens is 1. The molecule has 3 aromatic rings. The van der Waals surface area contributed by atoms with Gasteiger partial charge in [-0.1, -0.05) is 0 Å². The van der Waals surface area contributed by atoms with Gasteiger partial charge >= 0.3 is 0 Å². The number of fused-ring (bicyclic) bond motifs is 1. The molecule has 0 fully saturated rings. The molecule has 0 aliphatic carbocycles. The molecule has 3 aromatic heterocycles. The molecule has 0 radical (unpaired) electrons. The van der Waals surface area contributed by atoms with Gasteiger partial charge in [0.15, 0.2) is 0 Å². The average molecular weight is 306 g/mol. The molecule has 3 rings (SSSR count). The lowest BCUT2D eigenvalue weighted by molar-refractivity contribution is 0.506. The maximum atomic E-state index is 5.78. The van der Waals surface area contributed by atoms with Crippen LogP contribution in [0.1, 0.15) is 11.6 Å². The Hall–Kier alpha value is -1.75. The summed E-state index contributed by atoms with van der Waals surface area (Å²) in [5, 5.41) is 0. The lowest BCUT2D eigenvalue weighted by Crippen LogP contribution is -1.97. The standard InChI is InChI=1S/C13H12BrN3O/c14-13-11-8-9(15)5-6-17(11)12(16-13)4-3-10-2-1-7-18-10/h1-2,5-8H,3-4,15H2. The Balaban J connectivity index is 1.92. The van der Waals surface area contributed by atoms with E-state index in [9.17, 15) is 0 Å². The predicted octanol–water partition coefficient (Wildman–Crippen LogP) is 3.06. The van der Waals surface area contributed by atoms with Crippen molar-refractivity contribution in [2.45, 2.75) is 12.8 Å². The van der Waals surface area contributed by atoms with E-state index in [1.54, 1.807) is 6.26 Å². The number of pyridine rings is 1. The topological polar surface area (TPSA) is 56.5 Å². The summed E-state index contributed by atoms with van der Waals surface area (Å²) in [4.78, 5) is 4.51. The molecule has 0 bridgehead atoms. The van der Waals surface area contributed by atoms with Crippen LogP contribution < -0.4 is 5.73 Å². The van der Waals surface area contributed by atoms with Gasteiger partial charge in [0, 0.05) is 24.7 Å². The van der Waals surface area contributed by atoms with Crippen LogP contribution in [0.5, 0.6) is 0 Å². The Bertz CT molecular complexity index is 673. The summed E-state index contributed by atoms with van der Waals surface area (Å²) in [7, 11) is 0. The van der Waals surface area contributed by atoms with Gasteiger partial charge in [-0.25, -0.2) is 4.98 Å². The van der Waals surface area contributed by atoms with Crippen LogP contribution in [0.25, 0.3) is 5.52 Å². The maximum absolute atomic E-state index is 5.78. The fourth-order valence-electron chi connectivity index (χ4n) is 1.99. The number of aromatic nitrogens is 2. The smallest absolute Gasteiger partial charge is 0.132 e. The summed E-state index contributed by atoms with van der Waals surface area (Å²) in [6, 6.07) is 7.66. The largest absolute Gasteiger partial charge is 0.469 e. The number of anilines is 1. The van der Waals surface area contributed by atoms with Gasteiger partial charge in [-0.3, -0.25) is 0 Å². The van der Waals surface area contributed by atoms with E-state index in [4.69, 9.17) is 10.2 Å². The highest BCUT2D eigenvalue weighted by molar-refractivity contribution is 9.10. The summed E-state index contributed by atoms with van der Waals surface area (Å²) in [5.41, 5.74) is 7.50. The number of hydrogen-bond acceptors (Lipinski definition) is 3. The van der Waals surface area contributed by atoms with Crippen LogP contribution in [-0.2, 0) is 12.8 Å². The van der Waals surface area contributed by atoms with Gasteiger partial charge < -0.3 is 14.6 Å². The highest BCUT2D eigenvalue weighted by Gasteiger charge is 2.09. The molecule has 3 heterocycles. The minimum Gasteiger partial charge on any atom is -0.469 e. The third kappa shape index (κ3) is 2.01. The molecule has 0 spiro atoms. The fourth-order valence-corrected chi connectivity index (χ4v) is 2.50. The second-order valence-corrected chi connectivity index (χ2v) is 4.86. The van der Waals surface area contributed by atoms with E-state index in [0.717, 1.165) is 40.2 Å². The summed E-state index contributed by atoms with van der Waals surface area (Å²) in [6.07, 6.45) is 5.29. The summed E-state index contributed by atoms with van der Waals surface area (Å²) in [6.45, 7) is 0. The fraction of sp³-hybridized carbons (Fsp3) is 0.154. The van der Waals surface area contributed by atoms with Crippen molar-refractivity contribution in [3.05, 3.63) is 52.9 Å². The molecule has 0 saturated carbocycles. The van der Waals surface area contributed by atoms with Crippen LogP contribution >= 0.6 is 15.9 Å². The Labute approximate surface area is 113 Å². The minimum atomic E-state index is 0.737. The number of hydrogen-bond donors (Lipinski definition) is 1.